The average molecular weight is 422 g/mol. The van der Waals surface area contributed by atoms with Crippen LogP contribution in [-0.2, 0) is 14.3 Å². The topological polar surface area (TPSA) is 105 Å². The molecule has 1 aliphatic heterocycles. The fourth-order valence-corrected chi connectivity index (χ4v) is 4.43. The summed E-state index contributed by atoms with van der Waals surface area (Å²) in [7, 11) is 0. The van der Waals surface area contributed by atoms with Crippen molar-refractivity contribution < 1.29 is 23.9 Å². The number of amides is 4. The van der Waals surface area contributed by atoms with Gasteiger partial charge >= 0.3 is 12.0 Å². The summed E-state index contributed by atoms with van der Waals surface area (Å²) in [5, 5.41) is 6.83. The van der Waals surface area contributed by atoms with Crippen LogP contribution in [0.15, 0.2) is 17.5 Å². The van der Waals surface area contributed by atoms with E-state index in [1.165, 1.54) is 18.3 Å². The van der Waals surface area contributed by atoms with Crippen molar-refractivity contribution in [2.24, 2.45) is 5.92 Å². The zero-order valence-corrected chi connectivity index (χ0v) is 17.3. The van der Waals surface area contributed by atoms with Crippen molar-refractivity contribution in [1.82, 2.24) is 15.5 Å². The van der Waals surface area contributed by atoms with E-state index in [0.717, 1.165) is 25.7 Å². The van der Waals surface area contributed by atoms with E-state index in [9.17, 15) is 19.2 Å². The second-order valence-corrected chi connectivity index (χ2v) is 8.54. The first-order valence-corrected chi connectivity index (χ1v) is 11.0. The van der Waals surface area contributed by atoms with Crippen molar-refractivity contribution in [2.45, 2.75) is 57.6 Å². The van der Waals surface area contributed by atoms with E-state index in [2.05, 4.69) is 10.6 Å². The Kier molecular flexibility index (Phi) is 7.24. The molecule has 0 spiro atoms. The predicted molar refractivity (Wildman–Crippen MR) is 107 cm³/mol. The summed E-state index contributed by atoms with van der Waals surface area (Å²) in [5.74, 6) is -1.74. The molecule has 1 saturated carbocycles. The Balaban J connectivity index is 1.46. The number of carbonyl (C=O) groups excluding carboxylic acids is 4. The van der Waals surface area contributed by atoms with Crippen LogP contribution in [0.5, 0.6) is 0 Å². The quantitative estimate of drug-likeness (QED) is 0.710. The number of nitrogens with one attached hydrogen (secondary N) is 2. The third kappa shape index (κ3) is 5.79. The summed E-state index contributed by atoms with van der Waals surface area (Å²) in [6.07, 6.45) is 4.18. The first-order chi connectivity index (χ1) is 13.9. The number of ether oxygens (including phenoxy) is 1. The molecule has 158 valence electrons. The number of piperidine rings is 1. The fourth-order valence-electron chi connectivity index (χ4n) is 3.74. The summed E-state index contributed by atoms with van der Waals surface area (Å²) in [5.41, 5.74) is 0. The number of esters is 1. The smallest absolute Gasteiger partial charge is 0.321 e. The molecule has 8 nitrogen and oxygen atoms in total. The third-order valence-corrected chi connectivity index (χ3v) is 6.22. The Morgan fingerprint density at radius 1 is 1.17 bits per heavy atom. The van der Waals surface area contributed by atoms with Gasteiger partial charge in [-0.15, -0.1) is 11.3 Å². The highest BCUT2D eigenvalue weighted by atomic mass is 32.1. The third-order valence-electron chi connectivity index (χ3n) is 5.36. The van der Waals surface area contributed by atoms with Gasteiger partial charge in [0.1, 0.15) is 0 Å². The van der Waals surface area contributed by atoms with Crippen molar-refractivity contribution in [3.05, 3.63) is 22.4 Å². The zero-order valence-electron chi connectivity index (χ0n) is 16.5. The molecule has 3 rings (SSSR count). The Bertz CT molecular complexity index is 745. The Labute approximate surface area is 174 Å². The van der Waals surface area contributed by atoms with Gasteiger partial charge in [0.05, 0.1) is 10.8 Å². The van der Waals surface area contributed by atoms with Crippen molar-refractivity contribution in [3.63, 3.8) is 0 Å². The first-order valence-electron chi connectivity index (χ1n) is 10.1. The molecule has 29 heavy (non-hydrogen) atoms. The van der Waals surface area contributed by atoms with E-state index in [0.29, 0.717) is 24.3 Å². The van der Waals surface area contributed by atoms with Crippen LogP contribution in [0.3, 0.4) is 0 Å². The summed E-state index contributed by atoms with van der Waals surface area (Å²) in [6.45, 7) is 2.30. The lowest BCUT2D eigenvalue weighted by Gasteiger charge is -2.31. The lowest BCUT2D eigenvalue weighted by molar-refractivity contribution is -0.159. The monoisotopic (exact) mass is 421 g/mol. The van der Waals surface area contributed by atoms with E-state index in [1.54, 1.807) is 11.0 Å². The maximum absolute atomic E-state index is 12.5. The van der Waals surface area contributed by atoms with Crippen LogP contribution in [-0.4, -0.2) is 54.0 Å². The Morgan fingerprint density at radius 3 is 2.62 bits per heavy atom. The molecule has 2 fully saturated rings. The van der Waals surface area contributed by atoms with Gasteiger partial charge in [0.15, 0.2) is 6.10 Å². The molecular formula is C20H27N3O5S. The number of hydrogen-bond acceptors (Lipinski definition) is 6. The number of carbonyl (C=O) groups is 4. The van der Waals surface area contributed by atoms with Gasteiger partial charge in [-0.1, -0.05) is 18.9 Å². The molecule has 1 aromatic heterocycles. The minimum Gasteiger partial charge on any atom is -0.452 e. The molecule has 2 heterocycles. The van der Waals surface area contributed by atoms with E-state index in [4.69, 9.17) is 4.74 Å². The highest BCUT2D eigenvalue weighted by Gasteiger charge is 2.32. The van der Waals surface area contributed by atoms with Gasteiger partial charge < -0.3 is 15.0 Å². The number of nitrogens with zero attached hydrogens (tertiary/aromatic N) is 1. The summed E-state index contributed by atoms with van der Waals surface area (Å²) in [6, 6.07) is 3.11. The molecule has 1 aliphatic carbocycles. The second kappa shape index (κ2) is 9.87. The van der Waals surface area contributed by atoms with Gasteiger partial charge in [-0.25, -0.2) is 4.79 Å². The molecule has 2 aliphatic rings. The standard InChI is InChI=1S/C20H27N3O5S/c1-13(17(24)22-20(27)21-15-7-2-3-8-15)28-19(26)14-6-4-10-23(12-14)18(25)16-9-5-11-29-16/h5,9,11,13-15H,2-4,6-8,10,12H2,1H3,(H2,21,22,24,27). The molecule has 0 aromatic carbocycles. The molecule has 1 saturated heterocycles. The molecule has 1 aromatic rings. The molecule has 0 bridgehead atoms. The zero-order chi connectivity index (χ0) is 20.8. The van der Waals surface area contributed by atoms with Gasteiger partial charge in [-0.05, 0) is 44.1 Å². The van der Waals surface area contributed by atoms with Gasteiger partial charge in [0.2, 0.25) is 0 Å². The maximum atomic E-state index is 12.5. The molecule has 2 unspecified atom stereocenters. The highest BCUT2D eigenvalue weighted by molar-refractivity contribution is 7.12. The average Bonchev–Trinajstić information content (AvgIpc) is 3.41. The second-order valence-electron chi connectivity index (χ2n) is 7.59. The van der Waals surface area contributed by atoms with Gasteiger partial charge in [-0.2, -0.15) is 0 Å². The molecular weight excluding hydrogens is 394 g/mol. The number of imide groups is 1. The molecule has 4 amide bonds. The molecule has 9 heteroatoms. The summed E-state index contributed by atoms with van der Waals surface area (Å²) < 4.78 is 5.27. The molecule has 0 radical (unpaired) electrons. The van der Waals surface area contributed by atoms with Crippen LogP contribution < -0.4 is 10.6 Å². The van der Waals surface area contributed by atoms with Crippen molar-refractivity contribution >= 4 is 35.2 Å². The Hall–Kier alpha value is -2.42. The van der Waals surface area contributed by atoms with Crippen molar-refractivity contribution in [1.29, 1.82) is 0 Å². The van der Waals surface area contributed by atoms with Crippen LogP contribution in [0, 0.1) is 5.92 Å². The van der Waals surface area contributed by atoms with E-state index in [-0.39, 0.29) is 18.5 Å². The first kappa shape index (κ1) is 21.3. The van der Waals surface area contributed by atoms with Crippen molar-refractivity contribution in [2.75, 3.05) is 13.1 Å². The Morgan fingerprint density at radius 2 is 1.93 bits per heavy atom. The highest BCUT2D eigenvalue weighted by Crippen LogP contribution is 2.22. The summed E-state index contributed by atoms with van der Waals surface area (Å²) in [4.78, 5) is 51.4. The minimum atomic E-state index is -1.08. The van der Waals surface area contributed by atoms with E-state index >= 15 is 0 Å². The van der Waals surface area contributed by atoms with Gasteiger partial charge in [0, 0.05) is 19.1 Å². The molecule has 2 N–H and O–H groups in total. The van der Waals surface area contributed by atoms with Gasteiger partial charge in [-0.3, -0.25) is 19.7 Å². The van der Waals surface area contributed by atoms with Crippen LogP contribution in [0.2, 0.25) is 0 Å². The largest absolute Gasteiger partial charge is 0.452 e. The minimum absolute atomic E-state index is 0.0909. The number of urea groups is 1. The SMILES string of the molecule is CC(OC(=O)C1CCCN(C(=O)c2cccs2)C1)C(=O)NC(=O)NC1CCCC1. The lowest BCUT2D eigenvalue weighted by Crippen LogP contribution is -2.48. The van der Waals surface area contributed by atoms with Crippen LogP contribution in [0.1, 0.15) is 55.1 Å². The maximum Gasteiger partial charge on any atom is 0.321 e. The lowest BCUT2D eigenvalue weighted by atomic mass is 9.98. The molecule has 2 atom stereocenters. The predicted octanol–water partition coefficient (Wildman–Crippen LogP) is 2.30. The van der Waals surface area contributed by atoms with Crippen LogP contribution in [0.25, 0.3) is 0 Å². The van der Waals surface area contributed by atoms with E-state index in [1.807, 2.05) is 11.4 Å². The fraction of sp³-hybridized carbons (Fsp3) is 0.600. The van der Waals surface area contributed by atoms with Crippen LogP contribution >= 0.6 is 11.3 Å². The van der Waals surface area contributed by atoms with Crippen molar-refractivity contribution in [3.8, 4) is 0 Å². The van der Waals surface area contributed by atoms with Gasteiger partial charge in [0.25, 0.3) is 11.8 Å². The number of hydrogen-bond donors (Lipinski definition) is 2. The summed E-state index contributed by atoms with van der Waals surface area (Å²) >= 11 is 1.37. The van der Waals surface area contributed by atoms with Crippen LogP contribution in [0.4, 0.5) is 4.79 Å². The number of rotatable bonds is 5. The number of likely N-dealkylation sites (tertiary alicyclic amines) is 1. The number of thiophene rings is 1. The normalized spacial score (nSPS) is 20.7. The van der Waals surface area contributed by atoms with E-state index < -0.39 is 29.9 Å².